The quantitative estimate of drug-likeness (QED) is 0.704. The number of hydrogen-bond acceptors (Lipinski definition) is 4. The third kappa shape index (κ3) is 3.26. The summed E-state index contributed by atoms with van der Waals surface area (Å²) in [5, 5.41) is 19.8. The van der Waals surface area contributed by atoms with E-state index in [0.29, 0.717) is 0 Å². The van der Waals surface area contributed by atoms with Crippen LogP contribution >= 0.6 is 0 Å². The zero-order chi connectivity index (χ0) is 13.1. The summed E-state index contributed by atoms with van der Waals surface area (Å²) < 4.78 is 36.1. The molecule has 92 valence electrons. The number of rotatable bonds is 3. The van der Waals surface area contributed by atoms with E-state index in [-0.39, 0.29) is 16.9 Å². The van der Waals surface area contributed by atoms with E-state index in [0.717, 1.165) is 0 Å². The van der Waals surface area contributed by atoms with Crippen LogP contribution in [0.15, 0.2) is 18.2 Å². The monoisotopic (exact) mass is 245 g/mol. The molecule has 1 unspecified atom stereocenters. The molecule has 7 heteroatoms. The molecule has 0 spiro atoms. The van der Waals surface area contributed by atoms with Crippen molar-refractivity contribution < 1.29 is 18.3 Å². The van der Waals surface area contributed by atoms with Crippen molar-refractivity contribution in [2.24, 2.45) is 0 Å². The lowest BCUT2D eigenvalue weighted by Crippen LogP contribution is -2.35. The molecular formula is C10H10F3N3O. The Balaban J connectivity index is 2.74. The highest BCUT2D eigenvalue weighted by Crippen LogP contribution is 2.24. The summed E-state index contributed by atoms with van der Waals surface area (Å²) in [4.78, 5) is 0. The second kappa shape index (κ2) is 4.93. The maximum Gasteiger partial charge on any atom is 0.416 e. The molecule has 1 aromatic carbocycles. The number of benzene rings is 1. The highest BCUT2D eigenvalue weighted by atomic mass is 19.4. The number of nitrogens with two attached hydrogens (primary N) is 1. The van der Waals surface area contributed by atoms with E-state index in [9.17, 15) is 13.2 Å². The van der Waals surface area contributed by atoms with E-state index in [1.54, 1.807) is 6.07 Å². The largest absolute Gasteiger partial charge is 0.416 e. The Morgan fingerprint density at radius 3 is 2.65 bits per heavy atom. The lowest BCUT2D eigenvalue weighted by atomic mass is 10.1. The molecule has 1 aromatic rings. The molecule has 0 aliphatic rings. The first-order chi connectivity index (χ1) is 7.86. The van der Waals surface area contributed by atoms with Crippen molar-refractivity contribution in [3.63, 3.8) is 0 Å². The maximum absolute atomic E-state index is 12.0. The van der Waals surface area contributed by atoms with Gasteiger partial charge in [0.05, 0.1) is 16.9 Å². The molecular weight excluding hydrogens is 235 g/mol. The molecule has 0 saturated heterocycles. The Kier molecular flexibility index (Phi) is 3.81. The van der Waals surface area contributed by atoms with Gasteiger partial charge in [-0.1, -0.05) is 6.07 Å². The minimum atomic E-state index is -4.69. The van der Waals surface area contributed by atoms with Gasteiger partial charge in [-0.05, 0) is 12.1 Å². The number of halogens is 3. The Bertz CT molecular complexity index is 439. The van der Waals surface area contributed by atoms with E-state index in [1.807, 2.05) is 0 Å². The summed E-state index contributed by atoms with van der Waals surface area (Å²) in [5.74, 6) is 0. The molecule has 4 N–H and O–H groups in total. The Labute approximate surface area is 95.5 Å². The highest BCUT2D eigenvalue weighted by Gasteiger charge is 2.37. The molecule has 1 atom stereocenters. The van der Waals surface area contributed by atoms with Crippen LogP contribution in [-0.4, -0.2) is 23.9 Å². The van der Waals surface area contributed by atoms with Gasteiger partial charge >= 0.3 is 6.18 Å². The van der Waals surface area contributed by atoms with E-state index < -0.39 is 18.8 Å². The number of nitriles is 1. The predicted molar refractivity (Wildman–Crippen MR) is 56.1 cm³/mol. The topological polar surface area (TPSA) is 82.1 Å². The third-order valence-electron chi connectivity index (χ3n) is 2.09. The van der Waals surface area contributed by atoms with Crippen LogP contribution in [0.1, 0.15) is 5.56 Å². The number of nitrogens with one attached hydrogen (secondary N) is 1. The molecule has 0 aliphatic carbocycles. The number of alkyl halides is 3. The van der Waals surface area contributed by atoms with Crippen LogP contribution in [-0.2, 0) is 0 Å². The van der Waals surface area contributed by atoms with Gasteiger partial charge in [-0.3, -0.25) is 0 Å². The van der Waals surface area contributed by atoms with Gasteiger partial charge in [-0.2, -0.15) is 18.4 Å². The van der Waals surface area contributed by atoms with Crippen LogP contribution < -0.4 is 11.1 Å². The summed E-state index contributed by atoms with van der Waals surface area (Å²) in [7, 11) is 0. The molecule has 0 aromatic heterocycles. The molecule has 4 nitrogen and oxygen atoms in total. The van der Waals surface area contributed by atoms with Gasteiger partial charge in [-0.25, -0.2) is 0 Å². The first-order valence-electron chi connectivity index (χ1n) is 4.63. The molecule has 0 bridgehead atoms. The summed E-state index contributed by atoms with van der Waals surface area (Å²) in [6.45, 7) is -0.720. The fourth-order valence-corrected chi connectivity index (χ4v) is 1.14. The van der Waals surface area contributed by atoms with Gasteiger partial charge in [-0.15, -0.1) is 0 Å². The van der Waals surface area contributed by atoms with Crippen molar-refractivity contribution in [3.8, 4) is 6.07 Å². The number of para-hydroxylation sites is 1. The van der Waals surface area contributed by atoms with Crippen LogP contribution in [0.2, 0.25) is 0 Å². The number of aliphatic hydroxyl groups excluding tert-OH is 1. The molecule has 1 rings (SSSR count). The van der Waals surface area contributed by atoms with Gasteiger partial charge in [0.25, 0.3) is 0 Å². The van der Waals surface area contributed by atoms with E-state index >= 15 is 0 Å². The minimum Gasteiger partial charge on any atom is -0.396 e. The van der Waals surface area contributed by atoms with Gasteiger partial charge < -0.3 is 16.2 Å². The van der Waals surface area contributed by atoms with Gasteiger partial charge in [0, 0.05) is 6.54 Å². The second-order valence-corrected chi connectivity index (χ2v) is 3.32. The summed E-state index contributed by atoms with van der Waals surface area (Å²) in [6, 6.07) is 6.16. The van der Waals surface area contributed by atoms with Crippen LogP contribution in [0.3, 0.4) is 0 Å². The van der Waals surface area contributed by atoms with Gasteiger partial charge in [0.15, 0.2) is 6.10 Å². The number of nitrogens with zero attached hydrogens (tertiary/aromatic N) is 1. The van der Waals surface area contributed by atoms with Crippen LogP contribution in [0.4, 0.5) is 24.5 Å². The van der Waals surface area contributed by atoms with Crippen molar-refractivity contribution in [3.05, 3.63) is 23.8 Å². The fourth-order valence-electron chi connectivity index (χ4n) is 1.14. The standard InChI is InChI=1S/C10H10F3N3O/c11-10(12,13)8(17)5-16-7-3-1-2-6(4-14)9(7)15/h1-3,8,16-17H,5,15H2. The summed E-state index contributed by atoms with van der Waals surface area (Å²) >= 11 is 0. The smallest absolute Gasteiger partial charge is 0.396 e. The number of hydrogen-bond donors (Lipinski definition) is 3. The van der Waals surface area contributed by atoms with Gasteiger partial charge in [0.1, 0.15) is 6.07 Å². The Hall–Kier alpha value is -1.94. The zero-order valence-corrected chi connectivity index (χ0v) is 8.62. The molecule has 0 fully saturated rings. The molecule has 0 heterocycles. The zero-order valence-electron chi connectivity index (χ0n) is 8.62. The molecule has 0 radical (unpaired) electrons. The lowest BCUT2D eigenvalue weighted by Gasteiger charge is -2.16. The number of aliphatic hydroxyl groups is 1. The van der Waals surface area contributed by atoms with E-state index in [4.69, 9.17) is 16.1 Å². The molecule has 0 aliphatic heterocycles. The molecule has 17 heavy (non-hydrogen) atoms. The number of anilines is 2. The van der Waals surface area contributed by atoms with Crippen molar-refractivity contribution in [2.45, 2.75) is 12.3 Å². The SMILES string of the molecule is N#Cc1cccc(NCC(O)C(F)(F)F)c1N. The van der Waals surface area contributed by atoms with Crippen molar-refractivity contribution in [2.75, 3.05) is 17.6 Å². The predicted octanol–water partition coefficient (Wildman–Crippen LogP) is 1.48. The minimum absolute atomic E-state index is 0.0596. The normalized spacial score (nSPS) is 12.9. The lowest BCUT2D eigenvalue weighted by molar-refractivity contribution is -0.198. The van der Waals surface area contributed by atoms with Crippen molar-refractivity contribution in [1.29, 1.82) is 5.26 Å². The van der Waals surface area contributed by atoms with E-state index in [1.165, 1.54) is 18.2 Å². The average Bonchev–Trinajstić information content (AvgIpc) is 2.26. The van der Waals surface area contributed by atoms with Gasteiger partial charge in [0.2, 0.25) is 0 Å². The molecule has 0 amide bonds. The summed E-state index contributed by atoms with van der Waals surface area (Å²) in [5.41, 5.74) is 5.95. The Morgan fingerprint density at radius 1 is 1.47 bits per heavy atom. The van der Waals surface area contributed by atoms with Crippen molar-refractivity contribution in [1.82, 2.24) is 0 Å². The van der Waals surface area contributed by atoms with E-state index in [2.05, 4.69) is 5.32 Å². The maximum atomic E-state index is 12.0. The third-order valence-corrected chi connectivity index (χ3v) is 2.09. The first-order valence-corrected chi connectivity index (χ1v) is 4.63. The van der Waals surface area contributed by atoms with Crippen molar-refractivity contribution >= 4 is 11.4 Å². The van der Waals surface area contributed by atoms with Crippen LogP contribution in [0.5, 0.6) is 0 Å². The second-order valence-electron chi connectivity index (χ2n) is 3.32. The first kappa shape index (κ1) is 13.1. The Morgan fingerprint density at radius 2 is 2.12 bits per heavy atom. The van der Waals surface area contributed by atoms with Crippen LogP contribution in [0.25, 0.3) is 0 Å². The average molecular weight is 245 g/mol. The summed E-state index contributed by atoms with van der Waals surface area (Å²) in [6.07, 6.45) is -7.16. The highest BCUT2D eigenvalue weighted by molar-refractivity contribution is 5.72. The number of nitrogen functional groups attached to an aromatic ring is 1. The van der Waals surface area contributed by atoms with Crippen LogP contribution in [0, 0.1) is 11.3 Å². The molecule has 0 saturated carbocycles. The fraction of sp³-hybridized carbons (Fsp3) is 0.300.